The first-order chi connectivity index (χ1) is 9.17. The van der Waals surface area contributed by atoms with Gasteiger partial charge in [-0.1, -0.05) is 19.9 Å². The fourth-order valence-electron chi connectivity index (χ4n) is 1.65. The number of nitriles is 1. The predicted molar refractivity (Wildman–Crippen MR) is 75.1 cm³/mol. The average molecular weight is 262 g/mol. The number of rotatable bonds is 8. The van der Waals surface area contributed by atoms with Crippen molar-refractivity contribution in [1.29, 1.82) is 5.26 Å². The van der Waals surface area contributed by atoms with Gasteiger partial charge in [-0.2, -0.15) is 5.26 Å². The summed E-state index contributed by atoms with van der Waals surface area (Å²) in [5.41, 5.74) is 1.64. The Labute approximate surface area is 115 Å². The summed E-state index contributed by atoms with van der Waals surface area (Å²) in [6, 6.07) is 7.76. The van der Waals surface area contributed by atoms with Crippen molar-refractivity contribution in [2.45, 2.75) is 20.4 Å². The van der Waals surface area contributed by atoms with Crippen molar-refractivity contribution >= 4 is 0 Å². The first kappa shape index (κ1) is 15.5. The molecular formula is C15H22N2O2. The maximum atomic E-state index is 9.00. The minimum atomic E-state index is 0.567. The predicted octanol–water partition coefficient (Wildman–Crippen LogP) is 2.33. The van der Waals surface area contributed by atoms with Gasteiger partial charge in [-0.05, 0) is 23.6 Å². The summed E-state index contributed by atoms with van der Waals surface area (Å²) >= 11 is 0. The third-order valence-corrected chi connectivity index (χ3v) is 2.59. The first-order valence-electron chi connectivity index (χ1n) is 6.52. The molecule has 0 bridgehead atoms. The molecule has 0 amide bonds. The monoisotopic (exact) mass is 262 g/mol. The van der Waals surface area contributed by atoms with Crippen LogP contribution < -0.4 is 10.1 Å². The van der Waals surface area contributed by atoms with Crippen molar-refractivity contribution in [2.75, 3.05) is 26.9 Å². The second kappa shape index (κ2) is 8.52. The summed E-state index contributed by atoms with van der Waals surface area (Å²) in [4.78, 5) is 0. The second-order valence-corrected chi connectivity index (χ2v) is 4.79. The smallest absolute Gasteiger partial charge is 0.136 e. The van der Waals surface area contributed by atoms with E-state index < -0.39 is 0 Å². The highest BCUT2D eigenvalue weighted by molar-refractivity contribution is 5.45. The highest BCUT2D eigenvalue weighted by atomic mass is 16.5. The van der Waals surface area contributed by atoms with Gasteiger partial charge in [0.05, 0.1) is 19.3 Å². The number of ether oxygens (including phenoxy) is 2. The molecule has 0 heterocycles. The van der Waals surface area contributed by atoms with E-state index in [-0.39, 0.29) is 0 Å². The highest BCUT2D eigenvalue weighted by Gasteiger charge is 2.03. The van der Waals surface area contributed by atoms with Crippen molar-refractivity contribution in [3.63, 3.8) is 0 Å². The van der Waals surface area contributed by atoms with Gasteiger partial charge in [0.25, 0.3) is 0 Å². The number of nitrogens with zero attached hydrogens (tertiary/aromatic N) is 1. The van der Waals surface area contributed by atoms with Gasteiger partial charge in [-0.15, -0.1) is 0 Å². The van der Waals surface area contributed by atoms with Gasteiger partial charge in [0, 0.05) is 19.7 Å². The zero-order valence-corrected chi connectivity index (χ0v) is 11.9. The second-order valence-electron chi connectivity index (χ2n) is 4.79. The van der Waals surface area contributed by atoms with Crippen LogP contribution in [-0.2, 0) is 11.3 Å². The lowest BCUT2D eigenvalue weighted by atomic mass is 10.1. The van der Waals surface area contributed by atoms with Gasteiger partial charge in [0.15, 0.2) is 0 Å². The van der Waals surface area contributed by atoms with Crippen molar-refractivity contribution in [3.8, 4) is 11.8 Å². The number of methoxy groups -OCH3 is 1. The molecule has 1 aromatic rings. The van der Waals surface area contributed by atoms with Crippen LogP contribution >= 0.6 is 0 Å². The van der Waals surface area contributed by atoms with E-state index in [2.05, 4.69) is 25.2 Å². The van der Waals surface area contributed by atoms with Gasteiger partial charge in [0.1, 0.15) is 11.8 Å². The Kier molecular flexibility index (Phi) is 6.94. The number of nitrogens with one attached hydrogen (secondary N) is 1. The number of hydrogen-bond acceptors (Lipinski definition) is 4. The van der Waals surface area contributed by atoms with Crippen molar-refractivity contribution in [1.82, 2.24) is 5.32 Å². The van der Waals surface area contributed by atoms with E-state index in [9.17, 15) is 0 Å². The number of hydrogen-bond donors (Lipinski definition) is 1. The molecule has 0 saturated heterocycles. The lowest BCUT2D eigenvalue weighted by Crippen LogP contribution is -2.20. The highest BCUT2D eigenvalue weighted by Crippen LogP contribution is 2.18. The summed E-state index contributed by atoms with van der Waals surface area (Å²) in [5, 5.41) is 12.3. The average Bonchev–Trinajstić information content (AvgIpc) is 2.42. The summed E-state index contributed by atoms with van der Waals surface area (Å²) in [5.74, 6) is 1.19. The van der Waals surface area contributed by atoms with E-state index in [1.54, 1.807) is 7.11 Å². The molecule has 0 atom stereocenters. The van der Waals surface area contributed by atoms with Crippen LogP contribution in [0.25, 0.3) is 0 Å². The normalized spacial score (nSPS) is 10.5. The molecule has 0 unspecified atom stereocenters. The van der Waals surface area contributed by atoms with Crippen LogP contribution in [0, 0.1) is 17.2 Å². The SMILES string of the molecule is COc1ccc(CNCCOCC(C)C)cc1C#N. The van der Waals surface area contributed by atoms with Crippen LogP contribution in [0.1, 0.15) is 25.0 Å². The van der Waals surface area contributed by atoms with E-state index in [4.69, 9.17) is 14.7 Å². The molecule has 0 fully saturated rings. The molecule has 0 aliphatic rings. The van der Waals surface area contributed by atoms with Crippen LogP contribution in [0.2, 0.25) is 0 Å². The van der Waals surface area contributed by atoms with E-state index >= 15 is 0 Å². The molecular weight excluding hydrogens is 240 g/mol. The molecule has 0 aliphatic heterocycles. The van der Waals surface area contributed by atoms with Gasteiger partial charge in [-0.25, -0.2) is 0 Å². The fraction of sp³-hybridized carbons (Fsp3) is 0.533. The summed E-state index contributed by atoms with van der Waals surface area (Å²) in [6.07, 6.45) is 0. The Morgan fingerprint density at radius 2 is 2.16 bits per heavy atom. The molecule has 0 aromatic heterocycles. The molecule has 4 nitrogen and oxygen atoms in total. The van der Waals surface area contributed by atoms with Crippen LogP contribution in [0.15, 0.2) is 18.2 Å². The third-order valence-electron chi connectivity index (χ3n) is 2.59. The summed E-state index contributed by atoms with van der Waals surface area (Å²) in [7, 11) is 1.57. The molecule has 4 heteroatoms. The van der Waals surface area contributed by atoms with Crippen LogP contribution in [-0.4, -0.2) is 26.9 Å². The third kappa shape index (κ3) is 5.73. The molecule has 104 valence electrons. The maximum absolute atomic E-state index is 9.00. The van der Waals surface area contributed by atoms with Crippen LogP contribution in [0.3, 0.4) is 0 Å². The first-order valence-corrected chi connectivity index (χ1v) is 6.52. The summed E-state index contributed by atoms with van der Waals surface area (Å²) < 4.78 is 10.6. The largest absolute Gasteiger partial charge is 0.495 e. The van der Waals surface area contributed by atoms with E-state index in [0.717, 1.165) is 25.3 Å². The fourth-order valence-corrected chi connectivity index (χ4v) is 1.65. The Bertz CT molecular complexity index is 425. The van der Waals surface area contributed by atoms with Gasteiger partial charge in [-0.3, -0.25) is 0 Å². The lowest BCUT2D eigenvalue weighted by Gasteiger charge is -2.09. The molecule has 0 spiro atoms. The van der Waals surface area contributed by atoms with Crippen LogP contribution in [0.4, 0.5) is 0 Å². The van der Waals surface area contributed by atoms with Crippen molar-refractivity contribution < 1.29 is 9.47 Å². The molecule has 0 aliphatic carbocycles. The Hall–Kier alpha value is -1.57. The van der Waals surface area contributed by atoms with Crippen molar-refractivity contribution in [3.05, 3.63) is 29.3 Å². The zero-order valence-electron chi connectivity index (χ0n) is 11.9. The zero-order chi connectivity index (χ0) is 14.1. The number of benzene rings is 1. The topological polar surface area (TPSA) is 54.3 Å². The molecule has 0 radical (unpaired) electrons. The Balaban J connectivity index is 2.32. The molecule has 1 aromatic carbocycles. The molecule has 1 N–H and O–H groups in total. The van der Waals surface area contributed by atoms with E-state index in [0.29, 0.717) is 23.8 Å². The van der Waals surface area contributed by atoms with E-state index in [1.807, 2.05) is 18.2 Å². The molecule has 0 saturated carbocycles. The molecule has 1 rings (SSSR count). The minimum absolute atomic E-state index is 0.567. The van der Waals surface area contributed by atoms with Gasteiger partial charge in [0.2, 0.25) is 0 Å². The Morgan fingerprint density at radius 1 is 1.37 bits per heavy atom. The van der Waals surface area contributed by atoms with E-state index in [1.165, 1.54) is 0 Å². The summed E-state index contributed by atoms with van der Waals surface area (Å²) in [6.45, 7) is 7.30. The quantitative estimate of drug-likeness (QED) is 0.731. The lowest BCUT2D eigenvalue weighted by molar-refractivity contribution is 0.111. The maximum Gasteiger partial charge on any atom is 0.136 e. The van der Waals surface area contributed by atoms with Gasteiger partial charge >= 0.3 is 0 Å². The van der Waals surface area contributed by atoms with Crippen LogP contribution in [0.5, 0.6) is 5.75 Å². The van der Waals surface area contributed by atoms with Gasteiger partial charge < -0.3 is 14.8 Å². The van der Waals surface area contributed by atoms with Crippen molar-refractivity contribution in [2.24, 2.45) is 5.92 Å². The molecule has 19 heavy (non-hydrogen) atoms. The Morgan fingerprint density at radius 3 is 2.79 bits per heavy atom. The standard InChI is InChI=1S/C15H22N2O2/c1-12(2)11-19-7-6-17-10-13-4-5-15(18-3)14(8-13)9-16/h4-5,8,12,17H,6-7,10-11H2,1-3H3. The minimum Gasteiger partial charge on any atom is -0.495 e.